The molecule has 1 aliphatic heterocycles. The summed E-state index contributed by atoms with van der Waals surface area (Å²) in [6, 6.07) is 8.47. The van der Waals surface area contributed by atoms with Crippen LogP contribution >= 0.6 is 0 Å². The molecule has 26 heavy (non-hydrogen) atoms. The molecular formula is C18H17N3O5. The lowest BCUT2D eigenvalue weighted by Crippen LogP contribution is -2.42. The van der Waals surface area contributed by atoms with Crippen molar-refractivity contribution in [2.45, 2.75) is 26.6 Å². The Balaban J connectivity index is 1.87. The minimum atomic E-state index is -1.28. The minimum Gasteiger partial charge on any atom is -0.419 e. The molecule has 8 heteroatoms. The first-order valence-electron chi connectivity index (χ1n) is 7.85. The summed E-state index contributed by atoms with van der Waals surface area (Å²) in [6.07, 6.45) is 1.26. The summed E-state index contributed by atoms with van der Waals surface area (Å²) < 4.78 is 10.1. The van der Waals surface area contributed by atoms with E-state index >= 15 is 0 Å². The zero-order chi connectivity index (χ0) is 18.9. The molecule has 0 amide bonds. The molecule has 1 saturated heterocycles. The number of carbonyl (C=O) groups is 2. The molecule has 0 radical (unpaired) electrons. The first-order valence-corrected chi connectivity index (χ1v) is 7.85. The third kappa shape index (κ3) is 3.64. The number of carbonyl (C=O) groups excluding carboxylic acids is 2. The fourth-order valence-electron chi connectivity index (χ4n) is 2.37. The molecule has 0 atom stereocenters. The van der Waals surface area contributed by atoms with E-state index in [1.54, 1.807) is 12.1 Å². The van der Waals surface area contributed by atoms with Gasteiger partial charge in [0.1, 0.15) is 0 Å². The number of hydrogen-bond donors (Lipinski definition) is 2. The normalized spacial score (nSPS) is 15.9. The Morgan fingerprint density at radius 2 is 1.77 bits per heavy atom. The van der Waals surface area contributed by atoms with Crippen molar-refractivity contribution < 1.29 is 19.1 Å². The predicted octanol–water partition coefficient (Wildman–Crippen LogP) is 1.88. The number of ether oxygens (including phenoxy) is 2. The van der Waals surface area contributed by atoms with Gasteiger partial charge in [0.25, 0.3) is 11.3 Å². The van der Waals surface area contributed by atoms with E-state index in [1.165, 1.54) is 26.1 Å². The van der Waals surface area contributed by atoms with Crippen LogP contribution in [0.4, 0.5) is 5.69 Å². The van der Waals surface area contributed by atoms with Gasteiger partial charge in [0.2, 0.25) is 0 Å². The van der Waals surface area contributed by atoms with E-state index in [1.807, 2.05) is 19.1 Å². The van der Waals surface area contributed by atoms with Crippen molar-refractivity contribution in [2.24, 2.45) is 0 Å². The van der Waals surface area contributed by atoms with Gasteiger partial charge in [-0.2, -0.15) is 5.10 Å². The standard InChI is InChI=1S/C18H17N3O5/c1-10-4-5-11(13-6-7-15(22)21-20-13)8-14(10)19-9-12-16(23)25-18(2,3)26-17(12)24/h4-9,19H,1-3H3,(H,21,22). The van der Waals surface area contributed by atoms with E-state index < -0.39 is 17.7 Å². The van der Waals surface area contributed by atoms with Crippen molar-refractivity contribution in [3.05, 3.63) is 58.0 Å². The molecule has 0 saturated carbocycles. The van der Waals surface area contributed by atoms with Crippen LogP contribution in [0.1, 0.15) is 19.4 Å². The Labute approximate surface area is 148 Å². The second-order valence-corrected chi connectivity index (χ2v) is 6.22. The predicted molar refractivity (Wildman–Crippen MR) is 93.0 cm³/mol. The van der Waals surface area contributed by atoms with E-state index in [0.717, 1.165) is 11.1 Å². The maximum absolute atomic E-state index is 12.0. The molecule has 1 aliphatic rings. The topological polar surface area (TPSA) is 110 Å². The van der Waals surface area contributed by atoms with Gasteiger partial charge in [-0.1, -0.05) is 12.1 Å². The number of esters is 2. The van der Waals surface area contributed by atoms with Gasteiger partial charge in [0.05, 0.1) is 5.69 Å². The van der Waals surface area contributed by atoms with Crippen LogP contribution in [0.5, 0.6) is 0 Å². The maximum atomic E-state index is 12.0. The molecule has 3 rings (SSSR count). The summed E-state index contributed by atoms with van der Waals surface area (Å²) in [5, 5.41) is 9.28. The maximum Gasteiger partial charge on any atom is 0.350 e. The number of anilines is 1. The van der Waals surface area contributed by atoms with Crippen molar-refractivity contribution in [1.29, 1.82) is 0 Å². The zero-order valence-corrected chi connectivity index (χ0v) is 14.5. The van der Waals surface area contributed by atoms with Gasteiger partial charge in [-0.25, -0.2) is 14.7 Å². The highest BCUT2D eigenvalue weighted by Gasteiger charge is 2.38. The van der Waals surface area contributed by atoms with E-state index in [-0.39, 0.29) is 11.1 Å². The van der Waals surface area contributed by atoms with Gasteiger partial charge in [-0.05, 0) is 24.6 Å². The average molecular weight is 355 g/mol. The van der Waals surface area contributed by atoms with Crippen LogP contribution in [0.15, 0.2) is 46.9 Å². The van der Waals surface area contributed by atoms with Gasteiger partial charge < -0.3 is 14.8 Å². The number of benzene rings is 1. The molecule has 0 spiro atoms. The Hall–Kier alpha value is -3.42. The third-order valence-corrected chi connectivity index (χ3v) is 3.70. The van der Waals surface area contributed by atoms with Crippen LogP contribution in [0.2, 0.25) is 0 Å². The van der Waals surface area contributed by atoms with Gasteiger partial charge in [0.15, 0.2) is 5.57 Å². The number of nitrogens with zero attached hydrogens (tertiary/aromatic N) is 1. The summed E-state index contributed by atoms with van der Waals surface area (Å²) in [5.41, 5.74) is 2.36. The number of H-pyrrole nitrogens is 1. The molecule has 2 N–H and O–H groups in total. The van der Waals surface area contributed by atoms with Crippen LogP contribution in [0.25, 0.3) is 11.3 Å². The summed E-state index contributed by atoms with van der Waals surface area (Å²) >= 11 is 0. The fourth-order valence-corrected chi connectivity index (χ4v) is 2.37. The molecule has 1 fully saturated rings. The molecule has 0 unspecified atom stereocenters. The molecular weight excluding hydrogens is 338 g/mol. The number of aromatic nitrogens is 2. The van der Waals surface area contributed by atoms with Crippen molar-refractivity contribution in [3.63, 3.8) is 0 Å². The van der Waals surface area contributed by atoms with Gasteiger partial charge >= 0.3 is 11.9 Å². The Morgan fingerprint density at radius 3 is 2.38 bits per heavy atom. The molecule has 0 bridgehead atoms. The second kappa shape index (κ2) is 6.47. The van der Waals surface area contributed by atoms with Crippen LogP contribution in [-0.2, 0) is 19.1 Å². The molecule has 2 aromatic rings. The number of nitrogens with one attached hydrogen (secondary N) is 2. The van der Waals surface area contributed by atoms with Crippen molar-refractivity contribution >= 4 is 17.6 Å². The SMILES string of the molecule is Cc1ccc(-c2ccc(=O)[nH]n2)cc1NC=C1C(=O)OC(C)(C)OC1=O. The Morgan fingerprint density at radius 1 is 1.08 bits per heavy atom. The van der Waals surface area contributed by atoms with Crippen LogP contribution in [0.3, 0.4) is 0 Å². The molecule has 134 valence electrons. The second-order valence-electron chi connectivity index (χ2n) is 6.22. The number of cyclic esters (lactones) is 2. The lowest BCUT2D eigenvalue weighted by molar-refractivity contribution is -0.222. The Kier molecular flexibility index (Phi) is 4.33. The highest BCUT2D eigenvalue weighted by molar-refractivity contribution is 6.15. The Bertz CT molecular complexity index is 933. The van der Waals surface area contributed by atoms with Gasteiger partial charge in [-0.15, -0.1) is 0 Å². The monoisotopic (exact) mass is 355 g/mol. The van der Waals surface area contributed by atoms with E-state index in [4.69, 9.17) is 9.47 Å². The first-order chi connectivity index (χ1) is 12.2. The molecule has 0 aliphatic carbocycles. The molecule has 8 nitrogen and oxygen atoms in total. The molecule has 1 aromatic carbocycles. The fraction of sp³-hybridized carbons (Fsp3) is 0.222. The smallest absolute Gasteiger partial charge is 0.350 e. The van der Waals surface area contributed by atoms with Crippen molar-refractivity contribution in [2.75, 3.05) is 5.32 Å². The summed E-state index contributed by atoms with van der Waals surface area (Å²) in [4.78, 5) is 35.1. The number of hydrogen-bond acceptors (Lipinski definition) is 7. The van der Waals surface area contributed by atoms with E-state index in [0.29, 0.717) is 11.4 Å². The quantitative estimate of drug-likeness (QED) is 0.491. The van der Waals surface area contributed by atoms with E-state index in [9.17, 15) is 14.4 Å². The van der Waals surface area contributed by atoms with Crippen molar-refractivity contribution in [1.82, 2.24) is 10.2 Å². The number of aryl methyl sites for hydroxylation is 1. The summed E-state index contributed by atoms with van der Waals surface area (Å²) in [5.74, 6) is -2.79. The van der Waals surface area contributed by atoms with Crippen LogP contribution in [0, 0.1) is 6.92 Å². The van der Waals surface area contributed by atoms with Gasteiger partial charge in [0, 0.05) is 37.4 Å². The number of aromatic amines is 1. The average Bonchev–Trinajstić information content (AvgIpc) is 2.55. The van der Waals surface area contributed by atoms with E-state index in [2.05, 4.69) is 15.5 Å². The number of rotatable bonds is 3. The third-order valence-electron chi connectivity index (χ3n) is 3.70. The van der Waals surface area contributed by atoms with Crippen LogP contribution < -0.4 is 10.9 Å². The highest BCUT2D eigenvalue weighted by Crippen LogP contribution is 2.25. The van der Waals surface area contributed by atoms with Crippen LogP contribution in [-0.4, -0.2) is 27.9 Å². The molecule has 1 aromatic heterocycles. The van der Waals surface area contributed by atoms with Crippen molar-refractivity contribution in [3.8, 4) is 11.3 Å². The summed E-state index contributed by atoms with van der Waals surface area (Å²) in [7, 11) is 0. The van der Waals surface area contributed by atoms with Gasteiger partial charge in [-0.3, -0.25) is 4.79 Å². The lowest BCUT2D eigenvalue weighted by atomic mass is 10.1. The lowest BCUT2D eigenvalue weighted by Gasteiger charge is -2.29. The summed E-state index contributed by atoms with van der Waals surface area (Å²) in [6.45, 7) is 4.83. The first kappa shape index (κ1) is 17.4. The molecule has 2 heterocycles. The minimum absolute atomic E-state index is 0.226. The zero-order valence-electron chi connectivity index (χ0n) is 14.5. The largest absolute Gasteiger partial charge is 0.419 e. The highest BCUT2D eigenvalue weighted by atomic mass is 16.7.